The molecule has 2 radical (unpaired) electrons. The summed E-state index contributed by atoms with van der Waals surface area (Å²) in [5.74, 6) is -0.00463. The van der Waals surface area contributed by atoms with Crippen molar-refractivity contribution in [2.45, 2.75) is 12.2 Å². The van der Waals surface area contributed by atoms with Gasteiger partial charge in [-0.1, -0.05) is 35.1 Å². The van der Waals surface area contributed by atoms with Crippen molar-refractivity contribution in [3.63, 3.8) is 0 Å². The van der Waals surface area contributed by atoms with Gasteiger partial charge in [0.2, 0.25) is 0 Å². The van der Waals surface area contributed by atoms with Crippen LogP contribution < -0.4 is 0 Å². The maximum Gasteiger partial charge on any atom is 0.0761 e. The van der Waals surface area contributed by atoms with Gasteiger partial charge < -0.3 is 0 Å². The van der Waals surface area contributed by atoms with Crippen molar-refractivity contribution >= 4 is 31.0 Å². The van der Waals surface area contributed by atoms with Crippen LogP contribution in [0.15, 0.2) is 22.2 Å². The predicted molar refractivity (Wildman–Crippen MR) is 42.0 cm³/mol. The standard InChI is InChI=1S/C6H5BCl2/c7-4-1-5(8)3-6(9)2-4/h1,3-4H,2H2. The zero-order valence-corrected chi connectivity index (χ0v) is 6.28. The predicted octanol–water partition coefficient (Wildman–Crippen LogP) is 2.59. The van der Waals surface area contributed by atoms with Gasteiger partial charge >= 0.3 is 0 Å². The van der Waals surface area contributed by atoms with Gasteiger partial charge in [-0.2, -0.15) is 0 Å². The molecule has 0 bridgehead atoms. The second kappa shape index (κ2) is 2.81. The van der Waals surface area contributed by atoms with Crippen molar-refractivity contribution in [3.05, 3.63) is 22.2 Å². The van der Waals surface area contributed by atoms with Crippen molar-refractivity contribution in [3.8, 4) is 0 Å². The van der Waals surface area contributed by atoms with Crippen LogP contribution >= 0.6 is 23.2 Å². The summed E-state index contributed by atoms with van der Waals surface area (Å²) in [6, 6.07) is 0. The van der Waals surface area contributed by atoms with E-state index in [1.54, 1.807) is 12.2 Å². The number of rotatable bonds is 0. The molecule has 0 nitrogen and oxygen atoms in total. The van der Waals surface area contributed by atoms with Crippen LogP contribution in [0.1, 0.15) is 6.42 Å². The van der Waals surface area contributed by atoms with Crippen LogP contribution in [0.2, 0.25) is 5.82 Å². The lowest BCUT2D eigenvalue weighted by molar-refractivity contribution is 1.00. The largest absolute Gasteiger partial charge is 0.0891 e. The Morgan fingerprint density at radius 1 is 1.56 bits per heavy atom. The second-order valence-electron chi connectivity index (χ2n) is 2.01. The smallest absolute Gasteiger partial charge is 0.0761 e. The van der Waals surface area contributed by atoms with Gasteiger partial charge in [-0.3, -0.25) is 0 Å². The van der Waals surface area contributed by atoms with Crippen molar-refractivity contribution < 1.29 is 0 Å². The Labute approximate surface area is 65.9 Å². The number of hydrogen-bond donors (Lipinski definition) is 0. The fourth-order valence-electron chi connectivity index (χ4n) is 0.745. The van der Waals surface area contributed by atoms with E-state index in [4.69, 9.17) is 31.0 Å². The van der Waals surface area contributed by atoms with Crippen molar-refractivity contribution in [2.24, 2.45) is 0 Å². The van der Waals surface area contributed by atoms with E-state index >= 15 is 0 Å². The molecular formula is C6H5BCl2. The van der Waals surface area contributed by atoms with Crippen LogP contribution in [0.25, 0.3) is 0 Å². The van der Waals surface area contributed by atoms with E-state index in [2.05, 4.69) is 0 Å². The number of hydrogen-bond acceptors (Lipinski definition) is 0. The molecule has 0 saturated carbocycles. The molecule has 0 aliphatic heterocycles. The highest BCUT2D eigenvalue weighted by atomic mass is 35.5. The van der Waals surface area contributed by atoms with Crippen LogP contribution in [0.3, 0.4) is 0 Å². The summed E-state index contributed by atoms with van der Waals surface area (Å²) in [7, 11) is 5.53. The van der Waals surface area contributed by atoms with E-state index in [0.29, 0.717) is 11.5 Å². The maximum atomic E-state index is 5.66. The summed E-state index contributed by atoms with van der Waals surface area (Å²) in [4.78, 5) is 0. The molecule has 0 amide bonds. The molecule has 1 unspecified atom stereocenters. The van der Waals surface area contributed by atoms with Crippen LogP contribution in [-0.4, -0.2) is 7.85 Å². The van der Waals surface area contributed by atoms with E-state index in [1.165, 1.54) is 0 Å². The molecule has 1 aliphatic rings. The molecule has 0 aromatic carbocycles. The SMILES string of the molecule is [B]C1C=C(Cl)C=C(Cl)C1. The molecule has 0 saturated heterocycles. The van der Waals surface area contributed by atoms with Gasteiger partial charge in [0, 0.05) is 10.1 Å². The molecule has 1 rings (SSSR count). The van der Waals surface area contributed by atoms with Crippen LogP contribution in [-0.2, 0) is 0 Å². The minimum absolute atomic E-state index is 0.00463. The molecule has 0 aromatic rings. The maximum absolute atomic E-state index is 5.66. The summed E-state index contributed by atoms with van der Waals surface area (Å²) in [6.45, 7) is 0. The first kappa shape index (κ1) is 7.23. The molecule has 0 N–H and O–H groups in total. The van der Waals surface area contributed by atoms with Crippen molar-refractivity contribution in [1.29, 1.82) is 0 Å². The molecule has 1 atom stereocenters. The van der Waals surface area contributed by atoms with E-state index in [0.717, 1.165) is 5.03 Å². The first-order chi connectivity index (χ1) is 4.18. The molecule has 0 aromatic heterocycles. The van der Waals surface area contributed by atoms with Crippen LogP contribution in [0.4, 0.5) is 0 Å². The Morgan fingerprint density at radius 3 is 2.67 bits per heavy atom. The van der Waals surface area contributed by atoms with Gasteiger partial charge in [0.15, 0.2) is 0 Å². The van der Waals surface area contributed by atoms with Crippen molar-refractivity contribution in [1.82, 2.24) is 0 Å². The third-order valence-electron chi connectivity index (χ3n) is 1.10. The monoisotopic (exact) mass is 158 g/mol. The molecule has 9 heavy (non-hydrogen) atoms. The Morgan fingerprint density at radius 2 is 2.22 bits per heavy atom. The van der Waals surface area contributed by atoms with E-state index in [9.17, 15) is 0 Å². The summed E-state index contributed by atoms with van der Waals surface area (Å²) in [5, 5.41) is 1.37. The quantitative estimate of drug-likeness (QED) is 0.476. The van der Waals surface area contributed by atoms with E-state index in [1.807, 2.05) is 0 Å². The van der Waals surface area contributed by atoms with Crippen molar-refractivity contribution in [2.75, 3.05) is 0 Å². The third kappa shape index (κ3) is 2.07. The lowest BCUT2D eigenvalue weighted by Crippen LogP contribution is -1.93. The zero-order chi connectivity index (χ0) is 6.85. The summed E-state index contributed by atoms with van der Waals surface area (Å²) < 4.78 is 0. The molecule has 0 fully saturated rings. The van der Waals surface area contributed by atoms with Crippen LogP contribution in [0, 0.1) is 0 Å². The Bertz CT molecular complexity index is 172. The average molecular weight is 159 g/mol. The molecular weight excluding hydrogens is 154 g/mol. The summed E-state index contributed by atoms with van der Waals surface area (Å²) in [6.07, 6.45) is 4.21. The Kier molecular flexibility index (Phi) is 2.26. The fraction of sp³-hybridized carbons (Fsp3) is 0.333. The Balaban J connectivity index is 2.74. The summed E-state index contributed by atoms with van der Waals surface area (Å²) in [5.41, 5.74) is 0. The first-order valence-corrected chi connectivity index (χ1v) is 3.43. The van der Waals surface area contributed by atoms with Gasteiger partial charge in [-0.15, -0.1) is 0 Å². The lowest BCUT2D eigenvalue weighted by Gasteiger charge is -2.10. The number of allylic oxidation sites excluding steroid dienone is 4. The summed E-state index contributed by atoms with van der Waals surface area (Å²) >= 11 is 11.3. The minimum atomic E-state index is -0.00463. The molecule has 1 aliphatic carbocycles. The minimum Gasteiger partial charge on any atom is -0.0891 e. The highest BCUT2D eigenvalue weighted by molar-refractivity contribution is 6.35. The van der Waals surface area contributed by atoms with Gasteiger partial charge in [-0.05, 0) is 12.5 Å². The highest BCUT2D eigenvalue weighted by Crippen LogP contribution is 2.28. The third-order valence-corrected chi connectivity index (χ3v) is 1.60. The fourth-order valence-corrected chi connectivity index (χ4v) is 1.39. The molecule has 46 valence electrons. The van der Waals surface area contributed by atoms with Gasteiger partial charge in [-0.25, -0.2) is 0 Å². The first-order valence-electron chi connectivity index (χ1n) is 2.67. The van der Waals surface area contributed by atoms with Gasteiger partial charge in [0.05, 0.1) is 7.85 Å². The lowest BCUT2D eigenvalue weighted by atomic mass is 9.82. The Hall–Kier alpha value is 0.125. The highest BCUT2D eigenvalue weighted by Gasteiger charge is 2.06. The van der Waals surface area contributed by atoms with E-state index < -0.39 is 0 Å². The van der Waals surface area contributed by atoms with Gasteiger partial charge in [0.1, 0.15) is 0 Å². The normalized spacial score (nSPS) is 27.1. The average Bonchev–Trinajstić information content (AvgIpc) is 1.59. The van der Waals surface area contributed by atoms with E-state index in [-0.39, 0.29) is 5.82 Å². The number of halogens is 2. The molecule has 0 spiro atoms. The molecule has 0 heterocycles. The second-order valence-corrected chi connectivity index (χ2v) is 2.93. The van der Waals surface area contributed by atoms with Crippen LogP contribution in [0.5, 0.6) is 0 Å². The van der Waals surface area contributed by atoms with Gasteiger partial charge in [0.25, 0.3) is 0 Å². The zero-order valence-electron chi connectivity index (χ0n) is 4.77. The molecule has 3 heteroatoms. The topological polar surface area (TPSA) is 0 Å².